The lowest BCUT2D eigenvalue weighted by atomic mass is 10.0. The minimum atomic E-state index is -0.453. The Morgan fingerprint density at radius 2 is 2.08 bits per heavy atom. The van der Waals surface area contributed by atoms with E-state index in [2.05, 4.69) is 26.3 Å². The number of rotatable bonds is 6. The van der Waals surface area contributed by atoms with Gasteiger partial charge in [-0.25, -0.2) is 9.97 Å². The Morgan fingerprint density at radius 3 is 2.87 bits per heavy atom. The largest absolute Gasteiger partial charge is 0.344 e. The monoisotopic (exact) mass is 525 g/mol. The minimum absolute atomic E-state index is 0.142. The van der Waals surface area contributed by atoms with Crippen LogP contribution in [0, 0.1) is 17.2 Å². The first-order valence-electron chi connectivity index (χ1n) is 11.9. The number of nitrogens with one attached hydrogen (secondary N) is 2. The molecule has 4 aromatic heterocycles. The van der Waals surface area contributed by atoms with Crippen molar-refractivity contribution >= 4 is 45.5 Å². The topological polar surface area (TPSA) is 145 Å². The predicted molar refractivity (Wildman–Crippen MR) is 139 cm³/mol. The molecule has 5 aromatic rings. The van der Waals surface area contributed by atoms with Crippen LogP contribution in [0.4, 0.5) is 0 Å². The summed E-state index contributed by atoms with van der Waals surface area (Å²) < 4.78 is 1.81. The number of benzene rings is 1. The summed E-state index contributed by atoms with van der Waals surface area (Å²) in [5, 5.41) is 17.7. The van der Waals surface area contributed by atoms with Gasteiger partial charge in [0.15, 0.2) is 5.65 Å². The van der Waals surface area contributed by atoms with Crippen molar-refractivity contribution in [1.82, 2.24) is 39.9 Å². The van der Waals surface area contributed by atoms with E-state index in [0.717, 1.165) is 16.6 Å². The van der Waals surface area contributed by atoms with E-state index in [1.165, 1.54) is 6.20 Å². The molecule has 0 radical (unpaired) electrons. The molecule has 0 unspecified atom stereocenters. The number of carbonyl (C=O) groups excluding carboxylic acids is 2. The molecule has 1 fully saturated rings. The maximum Gasteiger partial charge on any atom is 0.255 e. The van der Waals surface area contributed by atoms with Crippen molar-refractivity contribution in [3.05, 3.63) is 71.3 Å². The quantitative estimate of drug-likeness (QED) is 0.346. The normalized spacial score (nSPS) is 13.4. The van der Waals surface area contributed by atoms with Crippen LogP contribution in [0.1, 0.15) is 16.1 Å². The molecule has 0 aliphatic carbocycles. The first-order chi connectivity index (χ1) is 18.5. The summed E-state index contributed by atoms with van der Waals surface area (Å²) >= 11 is 6.29. The summed E-state index contributed by atoms with van der Waals surface area (Å²) in [6.45, 7) is 1.05. The fourth-order valence-corrected chi connectivity index (χ4v) is 4.57. The maximum absolute atomic E-state index is 12.9. The third kappa shape index (κ3) is 4.31. The molecule has 12 heteroatoms. The van der Waals surface area contributed by atoms with Crippen molar-refractivity contribution in [2.24, 2.45) is 5.92 Å². The smallest absolute Gasteiger partial charge is 0.255 e. The molecule has 188 valence electrons. The summed E-state index contributed by atoms with van der Waals surface area (Å²) in [7, 11) is 0. The van der Waals surface area contributed by atoms with Gasteiger partial charge in [0.1, 0.15) is 16.9 Å². The van der Waals surface area contributed by atoms with Crippen molar-refractivity contribution in [3.8, 4) is 17.5 Å². The summed E-state index contributed by atoms with van der Waals surface area (Å²) in [5.41, 5.74) is 3.79. The molecule has 11 nitrogen and oxygen atoms in total. The molecule has 5 heterocycles. The molecular formula is C26H20ClN9O2. The van der Waals surface area contributed by atoms with Gasteiger partial charge in [0.25, 0.3) is 5.91 Å². The molecular weight excluding hydrogens is 506 g/mol. The molecule has 1 aliphatic heterocycles. The molecule has 0 saturated carbocycles. The Hall–Kier alpha value is -4.82. The number of hydrogen-bond donors (Lipinski definition) is 2. The van der Waals surface area contributed by atoms with Crippen LogP contribution in [-0.4, -0.2) is 66.1 Å². The van der Waals surface area contributed by atoms with Crippen molar-refractivity contribution in [2.75, 3.05) is 19.6 Å². The van der Waals surface area contributed by atoms with Crippen LogP contribution >= 0.6 is 11.6 Å². The van der Waals surface area contributed by atoms with Crippen LogP contribution in [0.5, 0.6) is 0 Å². The number of nitriles is 1. The third-order valence-electron chi connectivity index (χ3n) is 6.44. The van der Waals surface area contributed by atoms with E-state index < -0.39 is 5.91 Å². The number of aromatic amines is 1. The number of H-pyrrole nitrogens is 1. The number of aromatic nitrogens is 6. The van der Waals surface area contributed by atoms with Crippen molar-refractivity contribution < 1.29 is 9.59 Å². The van der Waals surface area contributed by atoms with Gasteiger partial charge in [-0.05, 0) is 30.3 Å². The highest BCUT2D eigenvalue weighted by Crippen LogP contribution is 2.30. The summed E-state index contributed by atoms with van der Waals surface area (Å²) in [4.78, 5) is 43.3. The van der Waals surface area contributed by atoms with Gasteiger partial charge >= 0.3 is 0 Å². The van der Waals surface area contributed by atoms with Gasteiger partial charge in [0.2, 0.25) is 5.91 Å². The fourth-order valence-electron chi connectivity index (χ4n) is 4.41. The molecule has 0 atom stereocenters. The molecule has 2 N–H and O–H groups in total. The number of pyridine rings is 1. The van der Waals surface area contributed by atoms with Crippen molar-refractivity contribution in [1.29, 1.82) is 5.26 Å². The maximum atomic E-state index is 12.9. The first-order valence-corrected chi connectivity index (χ1v) is 12.2. The molecule has 2 amide bonds. The lowest BCUT2D eigenvalue weighted by Gasteiger charge is -2.35. The van der Waals surface area contributed by atoms with Crippen LogP contribution in [0.15, 0.2) is 55.0 Å². The van der Waals surface area contributed by atoms with Gasteiger partial charge in [-0.2, -0.15) is 10.4 Å². The molecule has 1 aliphatic rings. The molecule has 38 heavy (non-hydrogen) atoms. The van der Waals surface area contributed by atoms with E-state index in [0.29, 0.717) is 47.2 Å². The first kappa shape index (κ1) is 23.6. The van der Waals surface area contributed by atoms with Gasteiger partial charge < -0.3 is 15.2 Å². The lowest BCUT2D eigenvalue weighted by molar-refractivity contribution is -0.135. The third-order valence-corrected chi connectivity index (χ3v) is 6.67. The summed E-state index contributed by atoms with van der Waals surface area (Å²) in [6.07, 6.45) is 4.84. The van der Waals surface area contributed by atoms with E-state index in [1.807, 2.05) is 35.0 Å². The van der Waals surface area contributed by atoms with Crippen LogP contribution in [0.3, 0.4) is 0 Å². The second kappa shape index (κ2) is 9.57. The van der Waals surface area contributed by atoms with Crippen LogP contribution in [-0.2, 0) is 11.3 Å². The van der Waals surface area contributed by atoms with Gasteiger partial charge in [-0.1, -0.05) is 17.7 Å². The number of halogens is 1. The van der Waals surface area contributed by atoms with E-state index in [1.54, 1.807) is 23.4 Å². The van der Waals surface area contributed by atoms with Crippen LogP contribution < -0.4 is 5.32 Å². The highest BCUT2D eigenvalue weighted by Gasteiger charge is 2.30. The minimum Gasteiger partial charge on any atom is -0.344 e. The lowest BCUT2D eigenvalue weighted by Crippen LogP contribution is -2.52. The molecule has 0 bridgehead atoms. The second-order valence-electron chi connectivity index (χ2n) is 8.95. The average molecular weight is 526 g/mol. The van der Waals surface area contributed by atoms with E-state index in [9.17, 15) is 9.59 Å². The zero-order valence-corrected chi connectivity index (χ0v) is 20.7. The van der Waals surface area contributed by atoms with E-state index in [-0.39, 0.29) is 23.9 Å². The standard InChI is InChI=1S/C26H20ClN9O2/c27-16-4-5-18-21(7-16)36(14-17-3-1-2-6-29-17)34-23(18)20-10-31-25-24(33-20)19(9-30-25)26(38)32-11-22(37)35-12-15(8-28)13-35/h1-7,9-10,15H,11-14H2,(H,30,31)(H,32,38). The highest BCUT2D eigenvalue weighted by molar-refractivity contribution is 6.31. The van der Waals surface area contributed by atoms with Crippen LogP contribution in [0.2, 0.25) is 5.02 Å². The Labute approximate surface area is 221 Å². The van der Waals surface area contributed by atoms with Crippen LogP contribution in [0.25, 0.3) is 33.5 Å². The Bertz CT molecular complexity index is 1730. The number of nitrogens with zero attached hydrogens (tertiary/aromatic N) is 7. The number of carbonyl (C=O) groups is 2. The predicted octanol–water partition coefficient (Wildman–Crippen LogP) is 2.78. The van der Waals surface area contributed by atoms with E-state index >= 15 is 0 Å². The molecule has 0 spiro atoms. The van der Waals surface area contributed by atoms with Crippen molar-refractivity contribution in [2.45, 2.75) is 6.54 Å². The Balaban J connectivity index is 1.30. The Morgan fingerprint density at radius 1 is 1.21 bits per heavy atom. The van der Waals surface area contributed by atoms with Gasteiger partial charge in [-0.15, -0.1) is 0 Å². The number of fused-ring (bicyclic) bond motifs is 2. The summed E-state index contributed by atoms with van der Waals surface area (Å²) in [5.74, 6) is -0.831. The van der Waals surface area contributed by atoms with Crippen molar-refractivity contribution in [3.63, 3.8) is 0 Å². The van der Waals surface area contributed by atoms with Gasteiger partial charge in [0.05, 0.1) is 48.0 Å². The number of likely N-dealkylation sites (tertiary alicyclic amines) is 1. The molecule has 1 saturated heterocycles. The molecule has 6 rings (SSSR count). The summed E-state index contributed by atoms with van der Waals surface area (Å²) in [6, 6.07) is 13.3. The molecule has 1 aromatic carbocycles. The average Bonchev–Trinajstić information content (AvgIpc) is 3.48. The number of hydrogen-bond acceptors (Lipinski definition) is 7. The Kier molecular flexibility index (Phi) is 5.94. The van der Waals surface area contributed by atoms with E-state index in [4.69, 9.17) is 26.9 Å². The zero-order chi connectivity index (χ0) is 26.2. The fraction of sp³-hybridized carbons (Fsp3) is 0.192. The number of amides is 2. The van der Waals surface area contributed by atoms with Gasteiger partial charge in [0, 0.05) is 35.9 Å². The highest BCUT2D eigenvalue weighted by atomic mass is 35.5. The SMILES string of the molecule is N#CC1CN(C(=O)CNC(=O)c2c[nH]c3ncc(-c4nn(Cc5ccccn5)c5cc(Cl)ccc45)nc23)C1. The second-order valence-corrected chi connectivity index (χ2v) is 9.39. The zero-order valence-electron chi connectivity index (χ0n) is 19.9. The van der Waals surface area contributed by atoms with Gasteiger partial charge in [-0.3, -0.25) is 19.3 Å².